The van der Waals surface area contributed by atoms with Crippen LogP contribution in [-0.4, -0.2) is 5.43 Å². The number of hydrogen-bond acceptors (Lipinski definition) is 0. The largest absolute Gasteiger partial charge is 0.165 e. The molecule has 114 valence electrons. The van der Waals surface area contributed by atoms with E-state index in [1.165, 1.54) is 27.5 Å². The zero-order chi connectivity index (χ0) is 16.1. The third-order valence-electron chi connectivity index (χ3n) is 3.36. The SMILES string of the molecule is C[Si](C)=[Zr]([Cl])[Cl].Cc1cc2c(-c3ccccc3)cccc2[cH-]1. The van der Waals surface area contributed by atoms with E-state index in [9.17, 15) is 0 Å². The first-order chi connectivity index (χ1) is 10.5. The van der Waals surface area contributed by atoms with Crippen molar-refractivity contribution in [1.29, 1.82) is 0 Å². The monoisotopic (exact) mass is 423 g/mol. The van der Waals surface area contributed by atoms with Crippen molar-refractivity contribution in [3.63, 3.8) is 0 Å². The molecule has 0 saturated carbocycles. The number of aryl methyl sites for hydroxylation is 1. The minimum Gasteiger partial charge on any atom is -0.165 e. The smallest absolute Gasteiger partial charge is 0.0279 e. The molecule has 0 aliphatic rings. The molecular weight excluding hydrogens is 406 g/mol. The average molecular weight is 426 g/mol. The van der Waals surface area contributed by atoms with Crippen LogP contribution in [0, 0.1) is 6.92 Å². The fraction of sp³-hybridized carbons (Fsp3) is 0.167. The van der Waals surface area contributed by atoms with E-state index < -0.39 is 18.0 Å². The van der Waals surface area contributed by atoms with Crippen molar-refractivity contribution in [3.8, 4) is 11.1 Å². The summed E-state index contributed by atoms with van der Waals surface area (Å²) < 4.78 is 0. The fourth-order valence-corrected chi connectivity index (χ4v) is 2.25. The van der Waals surface area contributed by atoms with E-state index in [4.69, 9.17) is 17.0 Å². The van der Waals surface area contributed by atoms with Gasteiger partial charge in [-0.25, -0.2) is 0 Å². The van der Waals surface area contributed by atoms with Gasteiger partial charge in [0.1, 0.15) is 0 Å². The maximum Gasteiger partial charge on any atom is -0.0279 e. The Balaban J connectivity index is 0.000000254. The minimum atomic E-state index is -1.65. The summed E-state index contributed by atoms with van der Waals surface area (Å²) in [7, 11) is 11.2. The van der Waals surface area contributed by atoms with E-state index in [0.29, 0.717) is 0 Å². The average Bonchev–Trinajstić information content (AvgIpc) is 2.88. The van der Waals surface area contributed by atoms with Gasteiger partial charge in [0.25, 0.3) is 0 Å². The van der Waals surface area contributed by atoms with Crippen LogP contribution < -0.4 is 0 Å². The Hall–Kier alpha value is -0.270. The van der Waals surface area contributed by atoms with Crippen molar-refractivity contribution in [2.45, 2.75) is 20.0 Å². The van der Waals surface area contributed by atoms with Gasteiger partial charge < -0.3 is 0 Å². The number of benzene rings is 2. The van der Waals surface area contributed by atoms with E-state index >= 15 is 0 Å². The van der Waals surface area contributed by atoms with Gasteiger partial charge in [-0.2, -0.15) is 6.07 Å². The Bertz CT molecular complexity index is 773. The summed E-state index contributed by atoms with van der Waals surface area (Å²) in [5.74, 6) is 0. The first-order valence-corrected chi connectivity index (χ1v) is 19.7. The zero-order valence-corrected chi connectivity index (χ0v) is 18.0. The van der Waals surface area contributed by atoms with Gasteiger partial charge in [-0.3, -0.25) is 0 Å². The molecule has 0 spiro atoms. The van der Waals surface area contributed by atoms with E-state index in [1.54, 1.807) is 0 Å². The Morgan fingerprint density at radius 2 is 1.59 bits per heavy atom. The molecule has 0 amide bonds. The summed E-state index contributed by atoms with van der Waals surface area (Å²) in [5, 5.41) is 2.69. The van der Waals surface area contributed by atoms with Crippen LogP contribution in [0.1, 0.15) is 5.56 Å². The maximum absolute atomic E-state index is 5.62. The van der Waals surface area contributed by atoms with E-state index in [2.05, 4.69) is 80.7 Å². The number of hydrogen-bond donors (Lipinski definition) is 0. The quantitative estimate of drug-likeness (QED) is 0.301. The fourth-order valence-electron chi connectivity index (χ4n) is 2.25. The second kappa shape index (κ2) is 8.55. The molecule has 0 radical (unpaired) electrons. The summed E-state index contributed by atoms with van der Waals surface area (Å²) in [4.78, 5) is 0. The van der Waals surface area contributed by atoms with Crippen LogP contribution >= 0.6 is 17.0 Å². The molecule has 0 aliphatic heterocycles. The molecule has 0 N–H and O–H groups in total. The van der Waals surface area contributed by atoms with Gasteiger partial charge in [0, 0.05) is 0 Å². The summed E-state index contributed by atoms with van der Waals surface area (Å²) in [6.45, 7) is 6.48. The van der Waals surface area contributed by atoms with Gasteiger partial charge in [-0.1, -0.05) is 48.9 Å². The topological polar surface area (TPSA) is 0 Å². The molecule has 0 aromatic heterocycles. The summed E-state index contributed by atoms with van der Waals surface area (Å²) in [5.41, 5.74) is 3.72. The first-order valence-electron chi connectivity index (χ1n) is 7.19. The standard InChI is InChI=1S/C16H13.C2H6Si.2ClH.Zr/c1-12-10-14-8-5-9-15(16(14)11-12)13-6-3-2-4-7-13;1-3-2;;;/h2-11H,1H3;1-2H3;2*1H;/q-1;;;;+2/p-2. The van der Waals surface area contributed by atoms with E-state index in [1.807, 2.05) is 0 Å². The van der Waals surface area contributed by atoms with Crippen LogP contribution in [0.15, 0.2) is 60.7 Å². The molecule has 3 aromatic rings. The van der Waals surface area contributed by atoms with Crippen molar-refractivity contribution in [2.24, 2.45) is 0 Å². The van der Waals surface area contributed by atoms with Crippen molar-refractivity contribution >= 4 is 33.2 Å². The van der Waals surface area contributed by atoms with Crippen LogP contribution in [-0.2, 0) is 18.0 Å². The molecule has 22 heavy (non-hydrogen) atoms. The second-order valence-corrected chi connectivity index (χ2v) is 28.4. The van der Waals surface area contributed by atoms with Crippen molar-refractivity contribution in [1.82, 2.24) is 0 Å². The third kappa shape index (κ3) is 4.86. The molecular formula is C18H19Cl2SiZr-. The first kappa shape index (κ1) is 18.1. The van der Waals surface area contributed by atoms with Gasteiger partial charge in [0.05, 0.1) is 0 Å². The second-order valence-electron chi connectivity index (χ2n) is 5.47. The third-order valence-corrected chi connectivity index (χ3v) is 23.1. The Morgan fingerprint density at radius 3 is 2.18 bits per heavy atom. The van der Waals surface area contributed by atoms with Crippen LogP contribution in [0.3, 0.4) is 0 Å². The Kier molecular flexibility index (Phi) is 7.02. The molecule has 0 heterocycles. The minimum absolute atomic E-state index is 0.224. The molecule has 0 nitrogen and oxygen atoms in total. The van der Waals surface area contributed by atoms with Crippen LogP contribution in [0.2, 0.25) is 13.1 Å². The molecule has 0 atom stereocenters. The molecule has 0 aliphatic carbocycles. The van der Waals surface area contributed by atoms with Crippen molar-refractivity contribution in [3.05, 3.63) is 66.2 Å². The molecule has 3 rings (SSSR count). The van der Waals surface area contributed by atoms with Gasteiger partial charge >= 0.3 is 53.5 Å². The molecule has 0 unspecified atom stereocenters. The number of halogens is 2. The zero-order valence-electron chi connectivity index (χ0n) is 13.0. The molecule has 0 saturated heterocycles. The summed E-state index contributed by atoms with van der Waals surface area (Å²) in [6, 6.07) is 21.6. The van der Waals surface area contributed by atoms with Gasteiger partial charge in [0.2, 0.25) is 0 Å². The van der Waals surface area contributed by atoms with Gasteiger partial charge in [0.15, 0.2) is 0 Å². The van der Waals surface area contributed by atoms with Gasteiger partial charge in [-0.05, 0) is 5.56 Å². The molecule has 0 bridgehead atoms. The van der Waals surface area contributed by atoms with Crippen molar-refractivity contribution in [2.75, 3.05) is 0 Å². The summed E-state index contributed by atoms with van der Waals surface area (Å²) in [6.07, 6.45) is 0. The predicted octanol–water partition coefficient (Wildman–Crippen LogP) is 6.70. The normalized spacial score (nSPS) is 10.0. The van der Waals surface area contributed by atoms with Crippen LogP contribution in [0.4, 0.5) is 0 Å². The summed E-state index contributed by atoms with van der Waals surface area (Å²) >= 11 is -1.65. The molecule has 3 aromatic carbocycles. The number of rotatable bonds is 1. The maximum atomic E-state index is 5.62. The predicted molar refractivity (Wildman–Crippen MR) is 98.9 cm³/mol. The molecule has 4 heteroatoms. The van der Waals surface area contributed by atoms with E-state index in [0.717, 1.165) is 0 Å². The van der Waals surface area contributed by atoms with Crippen LogP contribution in [0.5, 0.6) is 0 Å². The van der Waals surface area contributed by atoms with Crippen molar-refractivity contribution < 1.29 is 18.0 Å². The molecule has 0 fully saturated rings. The number of fused-ring (bicyclic) bond motifs is 1. The Morgan fingerprint density at radius 1 is 0.955 bits per heavy atom. The Labute approximate surface area is 147 Å². The van der Waals surface area contributed by atoms with Gasteiger partial charge in [-0.15, -0.1) is 34.5 Å². The van der Waals surface area contributed by atoms with E-state index in [-0.39, 0.29) is 5.43 Å². The van der Waals surface area contributed by atoms with Crippen LogP contribution in [0.25, 0.3) is 21.9 Å².